The molecule has 6 nitrogen and oxygen atoms in total. The Balaban J connectivity index is 1.55. The fourth-order valence-corrected chi connectivity index (χ4v) is 4.73. The lowest BCUT2D eigenvalue weighted by atomic mass is 9.86. The molecule has 1 saturated heterocycles. The maximum atomic E-state index is 13.0. The van der Waals surface area contributed by atoms with Crippen molar-refractivity contribution in [2.75, 3.05) is 26.7 Å². The zero-order valence-corrected chi connectivity index (χ0v) is 17.3. The van der Waals surface area contributed by atoms with E-state index in [0.717, 1.165) is 43.1 Å². The molecule has 27 heavy (non-hydrogen) atoms. The third kappa shape index (κ3) is 4.91. The molecule has 0 bridgehead atoms. The second-order valence-electron chi connectivity index (χ2n) is 8.77. The summed E-state index contributed by atoms with van der Waals surface area (Å²) in [4.78, 5) is 17.0. The Morgan fingerprint density at radius 2 is 2.04 bits per heavy atom. The van der Waals surface area contributed by atoms with Crippen molar-refractivity contribution in [1.29, 1.82) is 0 Å². The van der Waals surface area contributed by atoms with Crippen LogP contribution in [0.2, 0.25) is 0 Å². The van der Waals surface area contributed by atoms with Crippen molar-refractivity contribution in [3.8, 4) is 0 Å². The summed E-state index contributed by atoms with van der Waals surface area (Å²) >= 11 is 0. The van der Waals surface area contributed by atoms with Gasteiger partial charge in [-0.15, -0.1) is 0 Å². The molecule has 1 atom stereocenters. The number of piperidine rings is 1. The van der Waals surface area contributed by atoms with Gasteiger partial charge >= 0.3 is 0 Å². The highest BCUT2D eigenvalue weighted by Crippen LogP contribution is 2.29. The maximum Gasteiger partial charge on any atom is 0.255 e. The van der Waals surface area contributed by atoms with Crippen LogP contribution in [0.5, 0.6) is 0 Å². The predicted molar refractivity (Wildman–Crippen MR) is 106 cm³/mol. The normalized spacial score (nSPS) is 24.8. The monoisotopic (exact) mass is 376 g/mol. The number of hydrogen-bond donors (Lipinski definition) is 1. The Morgan fingerprint density at radius 3 is 2.70 bits per heavy atom. The summed E-state index contributed by atoms with van der Waals surface area (Å²) in [5, 5.41) is 15.4. The fourth-order valence-electron chi connectivity index (χ4n) is 4.73. The minimum absolute atomic E-state index is 0.0701. The largest absolute Gasteiger partial charge is 0.379 e. The van der Waals surface area contributed by atoms with Gasteiger partial charge in [0.1, 0.15) is 0 Å². The Labute approximate surface area is 163 Å². The standard InChI is InChI=1S/C21H36N4O2/c1-17-19(14-22-24(17)3)15-23(2)16-21(27)11-7-12-25(20(21)26)13-10-18-8-5-4-6-9-18/h14,18,27H,4-13,15-16H2,1-3H3/t21-/m0/s1. The van der Waals surface area contributed by atoms with Gasteiger partial charge in [-0.05, 0) is 39.2 Å². The molecule has 1 aromatic heterocycles. The number of amides is 1. The molecular formula is C21H36N4O2. The molecule has 2 aliphatic rings. The van der Waals surface area contributed by atoms with Crippen LogP contribution in [-0.2, 0) is 18.4 Å². The molecule has 2 heterocycles. The van der Waals surface area contributed by atoms with Gasteiger partial charge in [-0.25, -0.2) is 0 Å². The van der Waals surface area contributed by atoms with Crippen LogP contribution >= 0.6 is 0 Å². The smallest absolute Gasteiger partial charge is 0.255 e. The maximum absolute atomic E-state index is 13.0. The van der Waals surface area contributed by atoms with Gasteiger partial charge in [0.05, 0.1) is 6.20 Å². The molecule has 6 heteroatoms. The second kappa shape index (κ2) is 8.74. The first-order chi connectivity index (χ1) is 12.9. The number of carbonyl (C=O) groups excluding carboxylic acids is 1. The van der Waals surface area contributed by atoms with Gasteiger partial charge in [-0.2, -0.15) is 5.10 Å². The van der Waals surface area contributed by atoms with Crippen molar-refractivity contribution in [2.45, 2.75) is 70.4 Å². The number of likely N-dealkylation sites (tertiary alicyclic amines) is 1. The molecule has 1 amide bonds. The minimum atomic E-state index is -1.25. The number of aliphatic hydroxyl groups is 1. The number of rotatable bonds is 7. The first-order valence-corrected chi connectivity index (χ1v) is 10.6. The zero-order valence-electron chi connectivity index (χ0n) is 17.3. The lowest BCUT2D eigenvalue weighted by Crippen LogP contribution is -2.58. The third-order valence-corrected chi connectivity index (χ3v) is 6.54. The fraction of sp³-hybridized carbons (Fsp3) is 0.810. The average Bonchev–Trinajstić information content (AvgIpc) is 2.96. The van der Waals surface area contributed by atoms with Gasteiger partial charge in [-0.1, -0.05) is 32.1 Å². The molecule has 152 valence electrons. The van der Waals surface area contributed by atoms with Crippen molar-refractivity contribution in [1.82, 2.24) is 19.6 Å². The van der Waals surface area contributed by atoms with Crippen LogP contribution in [0.15, 0.2) is 6.20 Å². The van der Waals surface area contributed by atoms with Crippen molar-refractivity contribution >= 4 is 5.91 Å². The van der Waals surface area contributed by atoms with Crippen LogP contribution < -0.4 is 0 Å². The van der Waals surface area contributed by atoms with Crippen molar-refractivity contribution in [2.24, 2.45) is 13.0 Å². The van der Waals surface area contributed by atoms with E-state index in [2.05, 4.69) is 5.10 Å². The van der Waals surface area contributed by atoms with E-state index in [4.69, 9.17) is 0 Å². The number of hydrogen-bond acceptors (Lipinski definition) is 4. The van der Waals surface area contributed by atoms with E-state index in [9.17, 15) is 9.90 Å². The summed E-state index contributed by atoms with van der Waals surface area (Å²) in [5.74, 6) is 0.692. The molecule has 0 radical (unpaired) electrons. The number of aryl methyl sites for hydroxylation is 1. The molecule has 3 rings (SSSR count). The van der Waals surface area contributed by atoms with Crippen LogP contribution in [-0.4, -0.2) is 62.9 Å². The molecular weight excluding hydrogens is 340 g/mol. The van der Waals surface area contributed by atoms with Gasteiger partial charge in [0, 0.05) is 44.5 Å². The number of nitrogens with zero attached hydrogens (tertiary/aromatic N) is 4. The van der Waals surface area contributed by atoms with Gasteiger partial charge in [0.15, 0.2) is 5.60 Å². The van der Waals surface area contributed by atoms with Crippen LogP contribution in [0.25, 0.3) is 0 Å². The van der Waals surface area contributed by atoms with Gasteiger partial charge in [0.2, 0.25) is 0 Å². The molecule has 1 aromatic rings. The van der Waals surface area contributed by atoms with Gasteiger partial charge < -0.3 is 10.0 Å². The van der Waals surface area contributed by atoms with Crippen LogP contribution in [0.3, 0.4) is 0 Å². The summed E-state index contributed by atoms with van der Waals surface area (Å²) < 4.78 is 1.86. The van der Waals surface area contributed by atoms with E-state index >= 15 is 0 Å². The molecule has 0 aromatic carbocycles. The van der Waals surface area contributed by atoms with E-state index in [1.165, 1.54) is 32.1 Å². The highest BCUT2D eigenvalue weighted by atomic mass is 16.3. The molecule has 1 N–H and O–H groups in total. The van der Waals surface area contributed by atoms with E-state index in [1.807, 2.05) is 41.7 Å². The Kier molecular flexibility index (Phi) is 6.58. The molecule has 1 saturated carbocycles. The first kappa shape index (κ1) is 20.3. The van der Waals surface area contributed by atoms with Crippen molar-refractivity contribution in [3.63, 3.8) is 0 Å². The SMILES string of the molecule is Cc1c(CN(C)C[C@@]2(O)CCCN(CCC3CCCCC3)C2=O)cnn1C. The van der Waals surface area contributed by atoms with E-state index in [1.54, 1.807) is 0 Å². The molecule has 0 unspecified atom stereocenters. The number of aromatic nitrogens is 2. The molecule has 2 fully saturated rings. The third-order valence-electron chi connectivity index (χ3n) is 6.54. The summed E-state index contributed by atoms with van der Waals surface area (Å²) in [6.07, 6.45) is 11.0. The lowest BCUT2D eigenvalue weighted by molar-refractivity contribution is -0.159. The van der Waals surface area contributed by atoms with E-state index in [0.29, 0.717) is 19.5 Å². The predicted octanol–water partition coefficient (Wildman–Crippen LogP) is 2.48. The average molecular weight is 377 g/mol. The minimum Gasteiger partial charge on any atom is -0.379 e. The van der Waals surface area contributed by atoms with E-state index in [-0.39, 0.29) is 5.91 Å². The summed E-state index contributed by atoms with van der Waals surface area (Å²) in [6, 6.07) is 0. The lowest BCUT2D eigenvalue weighted by Gasteiger charge is -2.40. The van der Waals surface area contributed by atoms with Gasteiger partial charge in [-0.3, -0.25) is 14.4 Å². The highest BCUT2D eigenvalue weighted by Gasteiger charge is 2.42. The zero-order chi connectivity index (χ0) is 19.4. The van der Waals surface area contributed by atoms with Crippen LogP contribution in [0.4, 0.5) is 0 Å². The van der Waals surface area contributed by atoms with Crippen LogP contribution in [0, 0.1) is 12.8 Å². The second-order valence-corrected chi connectivity index (χ2v) is 8.77. The number of likely N-dealkylation sites (N-methyl/N-ethyl adjacent to an activating group) is 1. The Morgan fingerprint density at radius 1 is 1.30 bits per heavy atom. The highest BCUT2D eigenvalue weighted by molar-refractivity contribution is 5.86. The van der Waals surface area contributed by atoms with E-state index < -0.39 is 5.60 Å². The van der Waals surface area contributed by atoms with Gasteiger partial charge in [0.25, 0.3) is 5.91 Å². The Bertz CT molecular complexity index is 638. The first-order valence-electron chi connectivity index (χ1n) is 10.6. The summed E-state index contributed by atoms with van der Waals surface area (Å²) in [6.45, 7) is 4.71. The van der Waals surface area contributed by atoms with Crippen molar-refractivity contribution in [3.05, 3.63) is 17.5 Å². The summed E-state index contributed by atoms with van der Waals surface area (Å²) in [5.41, 5.74) is 1.01. The molecule has 1 aliphatic carbocycles. The Hall–Kier alpha value is -1.40. The van der Waals surface area contributed by atoms with Crippen molar-refractivity contribution < 1.29 is 9.90 Å². The topological polar surface area (TPSA) is 61.6 Å². The van der Waals surface area contributed by atoms with Crippen LogP contribution in [0.1, 0.15) is 62.6 Å². The molecule has 1 aliphatic heterocycles. The summed E-state index contributed by atoms with van der Waals surface area (Å²) in [7, 11) is 3.90. The quantitative estimate of drug-likeness (QED) is 0.794. The number of carbonyl (C=O) groups is 1. The molecule has 0 spiro atoms.